The summed E-state index contributed by atoms with van der Waals surface area (Å²) in [5, 5.41) is 0. The molecule has 0 aromatic carbocycles. The maximum absolute atomic E-state index is 10.7. The van der Waals surface area contributed by atoms with Gasteiger partial charge < -0.3 is 4.90 Å². The van der Waals surface area contributed by atoms with Gasteiger partial charge in [-0.15, -0.1) is 0 Å². The Morgan fingerprint density at radius 2 is 2.18 bits per heavy atom. The van der Waals surface area contributed by atoms with Gasteiger partial charge >= 0.3 is 0 Å². The van der Waals surface area contributed by atoms with Crippen molar-refractivity contribution in [1.82, 2.24) is 4.90 Å². The molecule has 0 spiro atoms. The summed E-state index contributed by atoms with van der Waals surface area (Å²) in [6, 6.07) is 0. The highest BCUT2D eigenvalue weighted by atomic mass is 32.1. The van der Waals surface area contributed by atoms with E-state index in [1.807, 2.05) is 20.2 Å². The van der Waals surface area contributed by atoms with Gasteiger partial charge in [-0.25, -0.2) is 0 Å². The van der Waals surface area contributed by atoms with Crippen LogP contribution in [0.25, 0.3) is 0 Å². The van der Waals surface area contributed by atoms with Crippen LogP contribution in [-0.4, -0.2) is 37.1 Å². The fourth-order valence-electron chi connectivity index (χ4n) is 0.600. The van der Waals surface area contributed by atoms with Crippen molar-refractivity contribution in [3.05, 3.63) is 12.2 Å². The van der Waals surface area contributed by atoms with Crippen molar-refractivity contribution < 1.29 is 4.79 Å². The maximum atomic E-state index is 10.7. The third kappa shape index (κ3) is 7.62. The molecule has 0 aliphatic heterocycles. The predicted molar refractivity (Wildman–Crippen MR) is 51.2 cm³/mol. The minimum atomic E-state index is 0.0760. The van der Waals surface area contributed by atoms with Crippen LogP contribution < -0.4 is 0 Å². The molecule has 0 aliphatic rings. The van der Waals surface area contributed by atoms with E-state index in [1.165, 1.54) is 0 Å². The Morgan fingerprint density at radius 3 is 2.64 bits per heavy atom. The lowest BCUT2D eigenvalue weighted by atomic mass is 10.3. The van der Waals surface area contributed by atoms with Gasteiger partial charge in [0.15, 0.2) is 5.78 Å². The Morgan fingerprint density at radius 1 is 1.55 bits per heavy atom. The van der Waals surface area contributed by atoms with Crippen LogP contribution in [0, 0.1) is 0 Å². The molecule has 0 rings (SSSR count). The van der Waals surface area contributed by atoms with Crippen LogP contribution >= 0.6 is 12.6 Å². The normalized spacial score (nSPS) is 11.3. The van der Waals surface area contributed by atoms with Gasteiger partial charge in [0.05, 0.1) is 5.75 Å². The highest BCUT2D eigenvalue weighted by Crippen LogP contribution is 1.87. The lowest BCUT2D eigenvalue weighted by molar-refractivity contribution is -0.112. The summed E-state index contributed by atoms with van der Waals surface area (Å²) in [5.41, 5.74) is 0. The molecule has 0 heterocycles. The number of allylic oxidation sites excluding steroid dienone is 1. The van der Waals surface area contributed by atoms with E-state index in [0.717, 1.165) is 13.0 Å². The molecular formula is C8H15NOS. The zero-order chi connectivity index (χ0) is 8.69. The molecule has 0 unspecified atom stereocenters. The van der Waals surface area contributed by atoms with Crippen molar-refractivity contribution in [2.24, 2.45) is 0 Å². The molecule has 0 aliphatic carbocycles. The number of hydrogen-bond donors (Lipinski definition) is 1. The Kier molecular flexibility index (Phi) is 6.27. The van der Waals surface area contributed by atoms with Gasteiger partial charge in [-0.2, -0.15) is 12.6 Å². The van der Waals surface area contributed by atoms with Crippen molar-refractivity contribution >= 4 is 18.4 Å². The lowest BCUT2D eigenvalue weighted by Gasteiger charge is -2.05. The summed E-state index contributed by atoms with van der Waals surface area (Å²) in [5.74, 6) is 0.380. The molecule has 0 amide bonds. The van der Waals surface area contributed by atoms with Gasteiger partial charge in [0, 0.05) is 6.54 Å². The van der Waals surface area contributed by atoms with Crippen molar-refractivity contribution in [2.75, 3.05) is 26.4 Å². The topological polar surface area (TPSA) is 20.3 Å². The molecule has 0 radical (unpaired) electrons. The van der Waals surface area contributed by atoms with E-state index in [-0.39, 0.29) is 5.78 Å². The Bertz CT molecular complexity index is 143. The number of thiol groups is 1. The van der Waals surface area contributed by atoms with Crippen LogP contribution in [0.2, 0.25) is 0 Å². The number of carbonyl (C=O) groups is 1. The third-order valence-corrected chi connectivity index (χ3v) is 1.51. The maximum Gasteiger partial charge on any atom is 0.164 e. The summed E-state index contributed by atoms with van der Waals surface area (Å²) >= 11 is 3.85. The standard InChI is InChI=1S/C8H15NOS/c1-9(2)6-4-3-5-8(10)7-11/h3,5,11H,4,6-7H2,1-2H3/b5-3+. The van der Waals surface area contributed by atoms with Gasteiger partial charge in [-0.05, 0) is 26.6 Å². The molecule has 0 atom stereocenters. The summed E-state index contributed by atoms with van der Waals surface area (Å²) in [6.45, 7) is 0.982. The molecule has 0 N–H and O–H groups in total. The molecule has 2 nitrogen and oxygen atoms in total. The smallest absolute Gasteiger partial charge is 0.164 e. The highest BCUT2D eigenvalue weighted by molar-refractivity contribution is 7.81. The molecular weight excluding hydrogens is 158 g/mol. The van der Waals surface area contributed by atoms with E-state index in [2.05, 4.69) is 17.5 Å². The second-order valence-electron chi connectivity index (χ2n) is 2.62. The number of hydrogen-bond acceptors (Lipinski definition) is 3. The molecule has 3 heteroatoms. The fraction of sp³-hybridized carbons (Fsp3) is 0.625. The largest absolute Gasteiger partial charge is 0.309 e. The van der Waals surface area contributed by atoms with E-state index in [4.69, 9.17) is 0 Å². The second kappa shape index (κ2) is 6.43. The number of rotatable bonds is 5. The third-order valence-electron chi connectivity index (χ3n) is 1.20. The van der Waals surface area contributed by atoms with Crippen LogP contribution in [0.4, 0.5) is 0 Å². The first-order chi connectivity index (χ1) is 5.16. The molecule has 0 saturated heterocycles. The fourth-order valence-corrected chi connectivity index (χ4v) is 0.706. The van der Waals surface area contributed by atoms with Gasteiger partial charge in [0.2, 0.25) is 0 Å². The Labute approximate surface area is 73.7 Å². The van der Waals surface area contributed by atoms with E-state index in [0.29, 0.717) is 5.75 Å². The SMILES string of the molecule is CN(C)CC/C=C/C(=O)CS. The van der Waals surface area contributed by atoms with Gasteiger partial charge in [-0.3, -0.25) is 4.79 Å². The zero-order valence-corrected chi connectivity index (χ0v) is 7.97. The van der Waals surface area contributed by atoms with E-state index < -0.39 is 0 Å². The first-order valence-electron chi connectivity index (χ1n) is 3.61. The minimum absolute atomic E-state index is 0.0760. The molecule has 11 heavy (non-hydrogen) atoms. The van der Waals surface area contributed by atoms with Gasteiger partial charge in [0.1, 0.15) is 0 Å². The minimum Gasteiger partial charge on any atom is -0.309 e. The molecule has 0 saturated carbocycles. The first-order valence-corrected chi connectivity index (χ1v) is 4.25. The second-order valence-corrected chi connectivity index (χ2v) is 2.93. The van der Waals surface area contributed by atoms with E-state index in [1.54, 1.807) is 6.08 Å². The van der Waals surface area contributed by atoms with Crippen LogP contribution in [0.5, 0.6) is 0 Å². The lowest BCUT2D eigenvalue weighted by Crippen LogP contribution is -2.11. The average Bonchev–Trinajstić information content (AvgIpc) is 1.97. The van der Waals surface area contributed by atoms with E-state index in [9.17, 15) is 4.79 Å². The summed E-state index contributed by atoms with van der Waals surface area (Å²) in [7, 11) is 4.02. The van der Waals surface area contributed by atoms with Crippen LogP contribution in [0.1, 0.15) is 6.42 Å². The average molecular weight is 173 g/mol. The van der Waals surface area contributed by atoms with Crippen molar-refractivity contribution in [3.63, 3.8) is 0 Å². The molecule has 0 aromatic rings. The van der Waals surface area contributed by atoms with Crippen LogP contribution in [0.3, 0.4) is 0 Å². The number of carbonyl (C=O) groups excluding carboxylic acids is 1. The van der Waals surface area contributed by atoms with Gasteiger partial charge in [0.25, 0.3) is 0 Å². The van der Waals surface area contributed by atoms with Crippen molar-refractivity contribution in [1.29, 1.82) is 0 Å². The van der Waals surface area contributed by atoms with E-state index >= 15 is 0 Å². The first kappa shape index (κ1) is 10.7. The molecule has 0 bridgehead atoms. The number of ketones is 1. The van der Waals surface area contributed by atoms with Crippen LogP contribution in [-0.2, 0) is 4.79 Å². The Balaban J connectivity index is 3.37. The Hall–Kier alpha value is -0.280. The van der Waals surface area contributed by atoms with Crippen molar-refractivity contribution in [3.8, 4) is 0 Å². The zero-order valence-electron chi connectivity index (χ0n) is 7.08. The van der Waals surface area contributed by atoms with Crippen LogP contribution in [0.15, 0.2) is 12.2 Å². The summed E-state index contributed by atoms with van der Waals surface area (Å²) in [4.78, 5) is 12.8. The van der Waals surface area contributed by atoms with Gasteiger partial charge in [-0.1, -0.05) is 6.08 Å². The summed E-state index contributed by atoms with van der Waals surface area (Å²) < 4.78 is 0. The molecule has 0 aromatic heterocycles. The van der Waals surface area contributed by atoms with Crippen molar-refractivity contribution in [2.45, 2.75) is 6.42 Å². The highest BCUT2D eigenvalue weighted by Gasteiger charge is 1.89. The monoisotopic (exact) mass is 173 g/mol. The molecule has 64 valence electrons. The predicted octanol–water partition coefficient (Wildman–Crippen LogP) is 0.993. The quantitative estimate of drug-likeness (QED) is 0.494. The number of nitrogens with zero attached hydrogens (tertiary/aromatic N) is 1. The summed E-state index contributed by atoms with van der Waals surface area (Å²) in [6.07, 6.45) is 4.40. The molecule has 0 fully saturated rings.